The molecule has 0 aliphatic carbocycles. The summed E-state index contributed by atoms with van der Waals surface area (Å²) in [4.78, 5) is 14.1. The number of rotatable bonds is 5. The first-order valence-corrected chi connectivity index (χ1v) is 6.61. The van der Waals surface area contributed by atoms with Gasteiger partial charge < -0.3 is 10.4 Å². The fourth-order valence-corrected chi connectivity index (χ4v) is 2.41. The molecule has 1 saturated heterocycles. The minimum absolute atomic E-state index is 0.0752. The van der Waals surface area contributed by atoms with Gasteiger partial charge in [0.15, 0.2) is 0 Å². The van der Waals surface area contributed by atoms with Crippen LogP contribution in [-0.4, -0.2) is 47.7 Å². The molecular weight excluding hydrogens is 216 g/mol. The number of aliphatic hydroxyl groups is 1. The van der Waals surface area contributed by atoms with Crippen LogP contribution in [0.25, 0.3) is 0 Å². The summed E-state index contributed by atoms with van der Waals surface area (Å²) in [5, 5.41) is 12.3. The molecule has 1 amide bonds. The summed E-state index contributed by atoms with van der Waals surface area (Å²) in [5.41, 5.74) is 0. The maximum absolute atomic E-state index is 12.0. The van der Waals surface area contributed by atoms with Crippen molar-refractivity contribution in [3.05, 3.63) is 0 Å². The summed E-state index contributed by atoms with van der Waals surface area (Å²) in [5.74, 6) is 1.02. The van der Waals surface area contributed by atoms with E-state index in [4.69, 9.17) is 0 Å². The molecule has 2 N–H and O–H groups in total. The molecule has 4 nitrogen and oxygen atoms in total. The van der Waals surface area contributed by atoms with Crippen LogP contribution in [0.4, 0.5) is 0 Å². The Morgan fingerprint density at radius 3 is 2.65 bits per heavy atom. The van der Waals surface area contributed by atoms with Crippen molar-refractivity contribution in [2.24, 2.45) is 11.8 Å². The highest BCUT2D eigenvalue weighted by Crippen LogP contribution is 2.25. The van der Waals surface area contributed by atoms with E-state index in [-0.39, 0.29) is 24.6 Å². The third-order valence-corrected chi connectivity index (χ3v) is 3.67. The van der Waals surface area contributed by atoms with Gasteiger partial charge in [0.2, 0.25) is 5.91 Å². The van der Waals surface area contributed by atoms with Crippen molar-refractivity contribution in [1.29, 1.82) is 0 Å². The molecule has 4 heteroatoms. The molecular formula is C13H26N2O2. The number of nitrogens with zero attached hydrogens (tertiary/aromatic N) is 1. The smallest absolute Gasteiger partial charge is 0.237 e. The molecule has 3 atom stereocenters. The van der Waals surface area contributed by atoms with E-state index in [1.807, 2.05) is 6.92 Å². The van der Waals surface area contributed by atoms with Gasteiger partial charge in [-0.25, -0.2) is 0 Å². The van der Waals surface area contributed by atoms with Gasteiger partial charge in [-0.3, -0.25) is 9.69 Å². The number of carbonyl (C=O) groups excluding carboxylic acids is 1. The lowest BCUT2D eigenvalue weighted by atomic mass is 10.0. The van der Waals surface area contributed by atoms with Crippen LogP contribution in [0.1, 0.15) is 34.1 Å². The molecule has 0 spiro atoms. The highest BCUT2D eigenvalue weighted by Gasteiger charge is 2.35. The maximum Gasteiger partial charge on any atom is 0.237 e. The fraction of sp³-hybridized carbons (Fsp3) is 0.923. The molecule has 1 fully saturated rings. The lowest BCUT2D eigenvalue weighted by Gasteiger charge is -2.30. The Morgan fingerprint density at radius 1 is 1.47 bits per heavy atom. The molecule has 0 bridgehead atoms. The van der Waals surface area contributed by atoms with Crippen molar-refractivity contribution in [3.8, 4) is 0 Å². The van der Waals surface area contributed by atoms with E-state index in [0.29, 0.717) is 11.8 Å². The average molecular weight is 242 g/mol. The van der Waals surface area contributed by atoms with Crippen LogP contribution in [0, 0.1) is 11.8 Å². The van der Waals surface area contributed by atoms with Crippen LogP contribution in [-0.2, 0) is 4.79 Å². The first-order valence-electron chi connectivity index (χ1n) is 6.61. The predicted molar refractivity (Wildman–Crippen MR) is 68.7 cm³/mol. The van der Waals surface area contributed by atoms with E-state index in [9.17, 15) is 9.90 Å². The summed E-state index contributed by atoms with van der Waals surface area (Å²) in [7, 11) is 0. The first kappa shape index (κ1) is 14.5. The number of carbonyl (C=O) groups is 1. The van der Waals surface area contributed by atoms with Crippen molar-refractivity contribution in [2.75, 3.05) is 19.7 Å². The second-order valence-corrected chi connectivity index (χ2v) is 5.57. The van der Waals surface area contributed by atoms with Gasteiger partial charge in [-0.2, -0.15) is 0 Å². The zero-order chi connectivity index (χ0) is 13.0. The molecule has 0 aromatic heterocycles. The highest BCUT2D eigenvalue weighted by molar-refractivity contribution is 5.81. The summed E-state index contributed by atoms with van der Waals surface area (Å²) >= 11 is 0. The summed E-state index contributed by atoms with van der Waals surface area (Å²) < 4.78 is 0. The van der Waals surface area contributed by atoms with Crippen molar-refractivity contribution in [3.63, 3.8) is 0 Å². The van der Waals surface area contributed by atoms with E-state index in [1.54, 1.807) is 0 Å². The van der Waals surface area contributed by atoms with Crippen LogP contribution in [0.15, 0.2) is 0 Å². The number of aliphatic hydroxyl groups excluding tert-OH is 1. The molecule has 0 radical (unpaired) electrons. The number of hydrogen-bond acceptors (Lipinski definition) is 3. The van der Waals surface area contributed by atoms with Gasteiger partial charge in [0.1, 0.15) is 0 Å². The van der Waals surface area contributed by atoms with E-state index in [1.165, 1.54) is 0 Å². The standard InChI is InChI=1S/C13H26N2O2/c1-9(2)7-14-13(17)11(4)15-6-5-10(3)12(15)8-16/h9-12,16H,5-8H2,1-4H3,(H,14,17). The third kappa shape index (κ3) is 3.68. The monoisotopic (exact) mass is 242 g/mol. The minimum atomic E-state index is -0.143. The van der Waals surface area contributed by atoms with Crippen LogP contribution in [0.5, 0.6) is 0 Å². The van der Waals surface area contributed by atoms with Crippen LogP contribution in [0.3, 0.4) is 0 Å². The van der Waals surface area contributed by atoms with Crippen LogP contribution >= 0.6 is 0 Å². The normalized spacial score (nSPS) is 27.4. The van der Waals surface area contributed by atoms with Gasteiger partial charge in [0.25, 0.3) is 0 Å². The highest BCUT2D eigenvalue weighted by atomic mass is 16.3. The average Bonchev–Trinajstić information content (AvgIpc) is 2.66. The third-order valence-electron chi connectivity index (χ3n) is 3.67. The maximum atomic E-state index is 12.0. The van der Waals surface area contributed by atoms with Gasteiger partial charge in [0, 0.05) is 12.6 Å². The largest absolute Gasteiger partial charge is 0.395 e. The zero-order valence-electron chi connectivity index (χ0n) is 11.4. The fourth-order valence-electron chi connectivity index (χ4n) is 2.41. The molecule has 1 rings (SSSR count). The molecule has 0 saturated carbocycles. The summed E-state index contributed by atoms with van der Waals surface area (Å²) in [6.45, 7) is 10.00. The topological polar surface area (TPSA) is 52.6 Å². The Bertz CT molecular complexity index is 256. The molecule has 0 aromatic rings. The second kappa shape index (κ2) is 6.36. The first-order chi connectivity index (χ1) is 7.97. The molecule has 1 aliphatic heterocycles. The predicted octanol–water partition coefficient (Wildman–Crippen LogP) is 0.850. The van der Waals surface area contributed by atoms with Crippen LogP contribution < -0.4 is 5.32 Å². The molecule has 3 unspecified atom stereocenters. The number of amides is 1. The number of nitrogens with one attached hydrogen (secondary N) is 1. The number of hydrogen-bond donors (Lipinski definition) is 2. The van der Waals surface area contributed by atoms with Gasteiger partial charge >= 0.3 is 0 Å². The molecule has 1 heterocycles. The Labute approximate surface area is 104 Å². The summed E-state index contributed by atoms with van der Waals surface area (Å²) in [6.07, 6.45) is 1.06. The lowest BCUT2D eigenvalue weighted by molar-refractivity contribution is -0.126. The Hall–Kier alpha value is -0.610. The zero-order valence-corrected chi connectivity index (χ0v) is 11.4. The molecule has 100 valence electrons. The van der Waals surface area contributed by atoms with Crippen molar-refractivity contribution in [2.45, 2.75) is 46.2 Å². The van der Waals surface area contributed by atoms with Gasteiger partial charge in [-0.15, -0.1) is 0 Å². The molecule has 17 heavy (non-hydrogen) atoms. The summed E-state index contributed by atoms with van der Waals surface area (Å²) in [6, 6.07) is -0.00866. The molecule has 1 aliphatic rings. The van der Waals surface area contributed by atoms with Crippen LogP contribution in [0.2, 0.25) is 0 Å². The van der Waals surface area contributed by atoms with E-state index >= 15 is 0 Å². The Morgan fingerprint density at radius 2 is 2.12 bits per heavy atom. The minimum Gasteiger partial charge on any atom is -0.395 e. The van der Waals surface area contributed by atoms with Gasteiger partial charge in [-0.1, -0.05) is 20.8 Å². The lowest BCUT2D eigenvalue weighted by Crippen LogP contribution is -2.49. The molecule has 0 aromatic carbocycles. The Balaban J connectivity index is 2.51. The van der Waals surface area contributed by atoms with Gasteiger partial charge in [-0.05, 0) is 31.7 Å². The van der Waals surface area contributed by atoms with E-state index < -0.39 is 0 Å². The van der Waals surface area contributed by atoms with E-state index in [0.717, 1.165) is 19.5 Å². The quantitative estimate of drug-likeness (QED) is 0.751. The van der Waals surface area contributed by atoms with Crippen molar-refractivity contribution >= 4 is 5.91 Å². The second-order valence-electron chi connectivity index (χ2n) is 5.57. The van der Waals surface area contributed by atoms with E-state index in [2.05, 4.69) is 31.0 Å². The SMILES string of the molecule is CC(C)CNC(=O)C(C)N1CCC(C)C1CO. The number of likely N-dealkylation sites (tertiary alicyclic amines) is 1. The van der Waals surface area contributed by atoms with Crippen molar-refractivity contribution in [1.82, 2.24) is 10.2 Å². The Kier molecular flexibility index (Phi) is 5.40. The van der Waals surface area contributed by atoms with Crippen molar-refractivity contribution < 1.29 is 9.90 Å². The van der Waals surface area contributed by atoms with Gasteiger partial charge in [0.05, 0.1) is 12.6 Å².